The summed E-state index contributed by atoms with van der Waals surface area (Å²) in [6, 6.07) is 0. The van der Waals surface area contributed by atoms with Crippen LogP contribution in [0.4, 0.5) is 4.79 Å². The first-order chi connectivity index (χ1) is 12.6. The molecule has 0 saturated carbocycles. The summed E-state index contributed by atoms with van der Waals surface area (Å²) in [6.07, 6.45) is -0.854. The Kier molecular flexibility index (Phi) is 11.2. The maximum absolute atomic E-state index is 12.2. The van der Waals surface area contributed by atoms with E-state index in [4.69, 9.17) is 68.2 Å². The van der Waals surface area contributed by atoms with Crippen LogP contribution in [0.5, 0.6) is 0 Å². The van der Waals surface area contributed by atoms with Crippen LogP contribution in [0.15, 0.2) is 0 Å². The third-order valence-corrected chi connectivity index (χ3v) is 6.21. The van der Waals surface area contributed by atoms with E-state index in [-0.39, 0.29) is 13.0 Å². The second-order valence-corrected chi connectivity index (χ2v) is 11.2. The van der Waals surface area contributed by atoms with Crippen LogP contribution in [0.25, 0.3) is 0 Å². The van der Waals surface area contributed by atoms with Gasteiger partial charge in [-0.05, 0) is 12.2 Å². The number of halogens is 4. The molecule has 27 heavy (non-hydrogen) atoms. The van der Waals surface area contributed by atoms with Crippen LogP contribution < -0.4 is 0 Å². The molecule has 0 aromatic rings. The Morgan fingerprint density at radius 1 is 1.30 bits per heavy atom. The Balaban J connectivity index is 2.55. The van der Waals surface area contributed by atoms with Crippen molar-refractivity contribution in [3.05, 3.63) is 0 Å². The minimum absolute atomic E-state index is 0.114. The molecule has 0 unspecified atom stereocenters. The van der Waals surface area contributed by atoms with E-state index in [2.05, 4.69) is 4.74 Å². The van der Waals surface area contributed by atoms with Crippen molar-refractivity contribution in [1.82, 2.24) is 5.06 Å². The monoisotopic (exact) mass is 517 g/mol. The van der Waals surface area contributed by atoms with E-state index in [1.54, 1.807) is 0 Å². The number of hydrogen-bond acceptors (Lipinski definition) is 9. The van der Waals surface area contributed by atoms with Gasteiger partial charge in [0.2, 0.25) is 3.79 Å². The molecule has 154 valence electrons. The molecule has 14 heteroatoms. The molecule has 1 aliphatic rings. The molecule has 1 fully saturated rings. The summed E-state index contributed by atoms with van der Waals surface area (Å²) in [5, 5.41) is 0.404. The SMILES string of the molecule is CCSC(=S)S[C@@H]1[C@@H](CCOC(=O)OCC(Cl)(Cl)Cl)C(=O)N1OC(=O)CCl. The number of nitrogens with zero attached hydrogens (tertiary/aromatic N) is 1. The quantitative estimate of drug-likeness (QED) is 0.203. The Bertz CT molecular complexity index is 577. The Hall–Kier alpha value is 0.160. The fourth-order valence-electron chi connectivity index (χ4n) is 1.82. The lowest BCUT2D eigenvalue weighted by Crippen LogP contribution is -2.60. The van der Waals surface area contributed by atoms with E-state index in [1.165, 1.54) is 23.5 Å². The number of ether oxygens (including phenoxy) is 2. The number of carbonyl (C=O) groups excluding carboxylic acids is 3. The highest BCUT2D eigenvalue weighted by molar-refractivity contribution is 8.47. The zero-order valence-corrected chi connectivity index (χ0v) is 19.3. The molecule has 1 amide bonds. The molecular formula is C13H15Cl4NO6S3. The highest BCUT2D eigenvalue weighted by Gasteiger charge is 2.51. The zero-order valence-electron chi connectivity index (χ0n) is 13.8. The van der Waals surface area contributed by atoms with Crippen molar-refractivity contribution in [3.63, 3.8) is 0 Å². The van der Waals surface area contributed by atoms with Gasteiger partial charge in [0.05, 0.1) is 12.5 Å². The number of hydrogen-bond donors (Lipinski definition) is 0. The summed E-state index contributed by atoms with van der Waals surface area (Å²) < 4.78 is 8.31. The second kappa shape index (κ2) is 12.0. The summed E-state index contributed by atoms with van der Waals surface area (Å²) in [5.41, 5.74) is 0. The van der Waals surface area contributed by atoms with E-state index in [0.29, 0.717) is 3.53 Å². The molecule has 0 bridgehead atoms. The van der Waals surface area contributed by atoms with Crippen molar-refractivity contribution in [2.75, 3.05) is 24.8 Å². The fourth-order valence-corrected chi connectivity index (χ4v) is 4.70. The van der Waals surface area contributed by atoms with Crippen LogP contribution in [0.1, 0.15) is 13.3 Å². The van der Waals surface area contributed by atoms with Crippen molar-refractivity contribution in [2.24, 2.45) is 5.92 Å². The third-order valence-electron chi connectivity index (χ3n) is 2.90. The minimum atomic E-state index is -1.75. The fraction of sp³-hybridized carbons (Fsp3) is 0.692. The van der Waals surface area contributed by atoms with E-state index in [9.17, 15) is 14.4 Å². The molecule has 1 aliphatic heterocycles. The molecular weight excluding hydrogens is 504 g/mol. The maximum atomic E-state index is 12.2. The molecule has 0 radical (unpaired) electrons. The van der Waals surface area contributed by atoms with E-state index < -0.39 is 45.6 Å². The van der Waals surface area contributed by atoms with Crippen LogP contribution in [0.3, 0.4) is 0 Å². The third kappa shape index (κ3) is 9.01. The number of carbonyl (C=O) groups is 3. The van der Waals surface area contributed by atoms with Gasteiger partial charge in [0, 0.05) is 0 Å². The van der Waals surface area contributed by atoms with Crippen LogP contribution in [0, 0.1) is 5.92 Å². The van der Waals surface area contributed by atoms with Gasteiger partial charge in [-0.1, -0.05) is 65.7 Å². The van der Waals surface area contributed by atoms with Gasteiger partial charge in [-0.25, -0.2) is 9.59 Å². The van der Waals surface area contributed by atoms with Gasteiger partial charge in [-0.2, -0.15) is 5.06 Å². The molecule has 0 N–H and O–H groups in total. The first-order valence-corrected chi connectivity index (χ1v) is 11.3. The topological polar surface area (TPSA) is 82.1 Å². The van der Waals surface area contributed by atoms with Crippen molar-refractivity contribution < 1.29 is 28.7 Å². The molecule has 0 aromatic carbocycles. The zero-order chi connectivity index (χ0) is 20.6. The maximum Gasteiger partial charge on any atom is 0.508 e. The molecule has 1 saturated heterocycles. The number of amides is 1. The highest BCUT2D eigenvalue weighted by Crippen LogP contribution is 2.40. The lowest BCUT2D eigenvalue weighted by Gasteiger charge is -2.43. The van der Waals surface area contributed by atoms with Gasteiger partial charge in [-0.3, -0.25) is 4.79 Å². The number of hydroxylamine groups is 2. The van der Waals surface area contributed by atoms with Crippen LogP contribution in [0.2, 0.25) is 0 Å². The summed E-state index contributed by atoms with van der Waals surface area (Å²) in [7, 11) is 0. The minimum Gasteiger partial charge on any atom is -0.434 e. The lowest BCUT2D eigenvalue weighted by molar-refractivity contribution is -0.225. The standard InChI is InChI=1S/C13H15Cl4NO6S3/c1-2-26-12(25)27-10-7(9(20)18(10)24-8(19)5-14)3-4-22-11(21)23-6-13(15,16)17/h7,10H,2-6H2,1H3/t7-,10+/m0/s1. The second-order valence-electron chi connectivity index (χ2n) is 4.85. The van der Waals surface area contributed by atoms with E-state index in [0.717, 1.165) is 10.8 Å². The molecule has 0 aromatic heterocycles. The molecule has 1 rings (SSSR count). The van der Waals surface area contributed by atoms with Crippen molar-refractivity contribution in [3.8, 4) is 0 Å². The van der Waals surface area contributed by atoms with Gasteiger partial charge < -0.3 is 14.3 Å². The highest BCUT2D eigenvalue weighted by atomic mass is 35.6. The predicted octanol–water partition coefficient (Wildman–Crippen LogP) is 4.15. The average Bonchev–Trinajstić information content (AvgIpc) is 2.59. The number of β-lactam (4-membered cyclic amide) rings is 1. The number of thioether (sulfide) groups is 2. The molecule has 1 heterocycles. The molecule has 7 nitrogen and oxygen atoms in total. The summed E-state index contributed by atoms with van der Waals surface area (Å²) in [5.74, 6) is -1.38. The van der Waals surface area contributed by atoms with Crippen molar-refractivity contribution in [2.45, 2.75) is 22.5 Å². The number of alkyl halides is 4. The van der Waals surface area contributed by atoms with E-state index >= 15 is 0 Å². The van der Waals surface area contributed by atoms with Crippen molar-refractivity contribution >= 4 is 104 Å². The van der Waals surface area contributed by atoms with Gasteiger partial charge in [0.15, 0.2) is 0 Å². The Morgan fingerprint density at radius 3 is 2.52 bits per heavy atom. The first kappa shape index (κ1) is 25.2. The average molecular weight is 519 g/mol. The van der Waals surface area contributed by atoms with Crippen LogP contribution in [-0.4, -0.2) is 60.6 Å². The van der Waals surface area contributed by atoms with Crippen LogP contribution in [-0.2, 0) is 23.9 Å². The molecule has 0 aliphatic carbocycles. The van der Waals surface area contributed by atoms with Gasteiger partial charge in [0.25, 0.3) is 5.91 Å². The normalized spacial score (nSPS) is 19.3. The summed E-state index contributed by atoms with van der Waals surface area (Å²) in [4.78, 5) is 39.9. The van der Waals surface area contributed by atoms with Gasteiger partial charge >= 0.3 is 12.1 Å². The first-order valence-electron chi connectivity index (χ1n) is 7.38. The lowest BCUT2D eigenvalue weighted by atomic mass is 9.97. The summed E-state index contributed by atoms with van der Waals surface area (Å²) >= 11 is 29.6. The van der Waals surface area contributed by atoms with E-state index in [1.807, 2.05) is 6.92 Å². The molecule has 2 atom stereocenters. The number of thiocarbonyl (C=S) groups is 1. The smallest absolute Gasteiger partial charge is 0.434 e. The Morgan fingerprint density at radius 2 is 1.96 bits per heavy atom. The number of rotatable bonds is 8. The Labute approximate surface area is 189 Å². The van der Waals surface area contributed by atoms with Gasteiger partial charge in [-0.15, -0.1) is 23.4 Å². The summed E-state index contributed by atoms with van der Waals surface area (Å²) in [6.45, 7) is 1.35. The van der Waals surface area contributed by atoms with Gasteiger partial charge in [0.1, 0.15) is 21.4 Å². The predicted molar refractivity (Wildman–Crippen MR) is 111 cm³/mol. The van der Waals surface area contributed by atoms with Crippen LogP contribution >= 0.6 is 82.1 Å². The molecule has 0 spiro atoms. The largest absolute Gasteiger partial charge is 0.508 e. The van der Waals surface area contributed by atoms with Crippen molar-refractivity contribution in [1.29, 1.82) is 0 Å².